The van der Waals surface area contributed by atoms with Gasteiger partial charge in [0.05, 0.1) is 18.2 Å². The molecule has 1 aromatic carbocycles. The van der Waals surface area contributed by atoms with E-state index in [-0.39, 0.29) is 0 Å². The number of ether oxygens (including phenoxy) is 2. The first-order valence-electron chi connectivity index (χ1n) is 6.07. The van der Waals surface area contributed by atoms with Gasteiger partial charge in [-0.3, -0.25) is 0 Å². The molecule has 0 fully saturated rings. The van der Waals surface area contributed by atoms with Crippen molar-refractivity contribution in [2.24, 2.45) is 7.05 Å². The third kappa shape index (κ3) is 2.02. The van der Waals surface area contributed by atoms with Crippen LogP contribution in [0.4, 0.5) is 0 Å². The molecule has 5 nitrogen and oxygen atoms in total. The van der Waals surface area contributed by atoms with Crippen LogP contribution < -0.4 is 9.47 Å². The second-order valence-electron chi connectivity index (χ2n) is 4.33. The van der Waals surface area contributed by atoms with Gasteiger partial charge in [0, 0.05) is 18.8 Å². The summed E-state index contributed by atoms with van der Waals surface area (Å²) in [6.07, 6.45) is 2.09. The van der Waals surface area contributed by atoms with Crippen molar-refractivity contribution >= 4 is 0 Å². The van der Waals surface area contributed by atoms with Crippen LogP contribution in [0, 0.1) is 11.3 Å². The normalized spacial score (nSPS) is 13.1. The Balaban J connectivity index is 2.00. The van der Waals surface area contributed by atoms with Gasteiger partial charge in [0.25, 0.3) is 0 Å². The Morgan fingerprint density at radius 3 is 2.89 bits per heavy atom. The van der Waals surface area contributed by atoms with E-state index < -0.39 is 0 Å². The van der Waals surface area contributed by atoms with Gasteiger partial charge in [-0.2, -0.15) is 5.26 Å². The van der Waals surface area contributed by atoms with E-state index >= 15 is 0 Å². The van der Waals surface area contributed by atoms with Crippen LogP contribution in [0.25, 0.3) is 11.4 Å². The van der Waals surface area contributed by atoms with Crippen molar-refractivity contribution in [2.75, 3.05) is 13.2 Å². The molecule has 1 aromatic heterocycles. The molecule has 96 valence electrons. The van der Waals surface area contributed by atoms with Crippen molar-refractivity contribution in [3.63, 3.8) is 0 Å². The highest BCUT2D eigenvalue weighted by Crippen LogP contribution is 2.34. The second kappa shape index (κ2) is 4.65. The molecule has 2 heterocycles. The third-order valence-electron chi connectivity index (χ3n) is 3.14. The topological polar surface area (TPSA) is 60.1 Å². The van der Waals surface area contributed by atoms with Crippen LogP contribution in [0.5, 0.6) is 11.5 Å². The highest BCUT2D eigenvalue weighted by Gasteiger charge is 2.15. The molecule has 0 radical (unpaired) electrons. The second-order valence-corrected chi connectivity index (χ2v) is 4.33. The molecule has 0 bridgehead atoms. The molecule has 5 heteroatoms. The van der Waals surface area contributed by atoms with Crippen LogP contribution in [0.15, 0.2) is 24.4 Å². The first-order chi connectivity index (χ1) is 9.29. The molecule has 3 rings (SSSR count). The summed E-state index contributed by atoms with van der Waals surface area (Å²) in [5, 5.41) is 8.75. The Bertz CT molecular complexity index is 655. The number of benzene rings is 1. The van der Waals surface area contributed by atoms with Crippen LogP contribution in [-0.4, -0.2) is 22.8 Å². The summed E-state index contributed by atoms with van der Waals surface area (Å²) in [5.74, 6) is 2.33. The van der Waals surface area contributed by atoms with E-state index in [1.165, 1.54) is 0 Å². The molecule has 2 aromatic rings. The molecule has 1 aliphatic heterocycles. The third-order valence-corrected chi connectivity index (χ3v) is 3.14. The number of hydrogen-bond donors (Lipinski definition) is 0. The predicted octanol–water partition coefficient (Wildman–Crippen LogP) is 1.92. The zero-order valence-electron chi connectivity index (χ0n) is 10.6. The largest absolute Gasteiger partial charge is 0.486 e. The fraction of sp³-hybridized carbons (Fsp3) is 0.286. The van der Waals surface area contributed by atoms with Gasteiger partial charge >= 0.3 is 0 Å². The predicted molar refractivity (Wildman–Crippen MR) is 69.0 cm³/mol. The van der Waals surface area contributed by atoms with Gasteiger partial charge in [-0.15, -0.1) is 0 Å². The summed E-state index contributed by atoms with van der Waals surface area (Å²) < 4.78 is 13.0. The smallest absolute Gasteiger partial charge is 0.162 e. The van der Waals surface area contributed by atoms with Crippen LogP contribution in [0.3, 0.4) is 0 Å². The van der Waals surface area contributed by atoms with E-state index in [9.17, 15) is 0 Å². The van der Waals surface area contributed by atoms with E-state index in [2.05, 4.69) is 11.1 Å². The van der Waals surface area contributed by atoms with Gasteiger partial charge < -0.3 is 14.0 Å². The van der Waals surface area contributed by atoms with E-state index in [1.807, 2.05) is 29.8 Å². The summed E-state index contributed by atoms with van der Waals surface area (Å²) in [4.78, 5) is 4.37. The van der Waals surface area contributed by atoms with Gasteiger partial charge in [-0.1, -0.05) is 0 Å². The Morgan fingerprint density at radius 1 is 1.32 bits per heavy atom. The van der Waals surface area contributed by atoms with Crippen LogP contribution >= 0.6 is 0 Å². The summed E-state index contributed by atoms with van der Waals surface area (Å²) in [6.45, 7) is 1.15. The summed E-state index contributed by atoms with van der Waals surface area (Å²) in [6, 6.07) is 7.90. The number of fused-ring (bicyclic) bond motifs is 1. The number of imidazole rings is 1. The first-order valence-corrected chi connectivity index (χ1v) is 6.07. The minimum Gasteiger partial charge on any atom is -0.486 e. The van der Waals surface area contributed by atoms with Gasteiger partial charge in [0.2, 0.25) is 0 Å². The molecule has 0 aliphatic carbocycles. The van der Waals surface area contributed by atoms with E-state index in [0.29, 0.717) is 19.6 Å². The van der Waals surface area contributed by atoms with Gasteiger partial charge in [0.15, 0.2) is 11.5 Å². The lowest BCUT2D eigenvalue weighted by Gasteiger charge is -2.18. The minimum absolute atomic E-state index is 0.355. The van der Waals surface area contributed by atoms with E-state index in [0.717, 1.165) is 28.6 Å². The minimum atomic E-state index is 0.355. The molecule has 19 heavy (non-hydrogen) atoms. The van der Waals surface area contributed by atoms with Gasteiger partial charge in [0.1, 0.15) is 19.0 Å². The van der Waals surface area contributed by atoms with Crippen molar-refractivity contribution in [3.05, 3.63) is 30.1 Å². The maximum Gasteiger partial charge on any atom is 0.162 e. The Hall–Kier alpha value is -2.48. The highest BCUT2D eigenvalue weighted by molar-refractivity contribution is 5.62. The quantitative estimate of drug-likeness (QED) is 0.822. The zero-order valence-corrected chi connectivity index (χ0v) is 10.6. The molecule has 0 saturated heterocycles. The van der Waals surface area contributed by atoms with Gasteiger partial charge in [-0.25, -0.2) is 4.98 Å². The van der Waals surface area contributed by atoms with Crippen molar-refractivity contribution in [2.45, 2.75) is 6.42 Å². The molecular weight excluding hydrogens is 242 g/mol. The number of rotatable bonds is 2. The van der Waals surface area contributed by atoms with Crippen LogP contribution in [0.2, 0.25) is 0 Å². The number of nitriles is 1. The highest BCUT2D eigenvalue weighted by atomic mass is 16.6. The average Bonchev–Trinajstić information content (AvgIpc) is 2.80. The molecular formula is C14H13N3O2. The van der Waals surface area contributed by atoms with Gasteiger partial charge in [-0.05, 0) is 18.2 Å². The summed E-state index contributed by atoms with van der Waals surface area (Å²) >= 11 is 0. The first kappa shape index (κ1) is 11.6. The monoisotopic (exact) mass is 255 g/mol. The van der Waals surface area contributed by atoms with Crippen molar-refractivity contribution in [1.29, 1.82) is 5.26 Å². The maximum atomic E-state index is 8.75. The number of aromatic nitrogens is 2. The fourth-order valence-corrected chi connectivity index (χ4v) is 2.14. The Kier molecular flexibility index (Phi) is 2.84. The molecule has 1 aliphatic rings. The molecule has 0 amide bonds. The molecule has 0 unspecified atom stereocenters. The number of nitrogens with zero attached hydrogens (tertiary/aromatic N) is 3. The molecule has 0 saturated carbocycles. The van der Waals surface area contributed by atoms with Crippen LogP contribution in [-0.2, 0) is 13.5 Å². The van der Waals surface area contributed by atoms with E-state index in [1.54, 1.807) is 6.20 Å². The standard InChI is InChI=1S/C14H13N3O2/c1-17-11(4-5-15)9-16-14(17)10-2-3-12-13(8-10)19-7-6-18-12/h2-3,8-9H,4,6-7H2,1H3. The summed E-state index contributed by atoms with van der Waals surface area (Å²) in [7, 11) is 1.91. The lowest BCUT2D eigenvalue weighted by Crippen LogP contribution is -2.15. The lowest BCUT2D eigenvalue weighted by atomic mass is 10.2. The van der Waals surface area contributed by atoms with Crippen molar-refractivity contribution < 1.29 is 9.47 Å². The zero-order chi connectivity index (χ0) is 13.2. The lowest BCUT2D eigenvalue weighted by molar-refractivity contribution is 0.171. The molecule has 0 spiro atoms. The fourth-order valence-electron chi connectivity index (χ4n) is 2.14. The van der Waals surface area contributed by atoms with Crippen LogP contribution in [0.1, 0.15) is 5.69 Å². The van der Waals surface area contributed by atoms with E-state index in [4.69, 9.17) is 14.7 Å². The maximum absolute atomic E-state index is 8.75. The van der Waals surface area contributed by atoms with Crippen molar-refractivity contribution in [1.82, 2.24) is 9.55 Å². The molecule has 0 atom stereocenters. The average molecular weight is 255 g/mol. The Labute approximate surface area is 111 Å². The Morgan fingerprint density at radius 2 is 2.11 bits per heavy atom. The van der Waals surface area contributed by atoms with Crippen molar-refractivity contribution in [3.8, 4) is 29.0 Å². The molecule has 0 N–H and O–H groups in total. The summed E-state index contributed by atoms with van der Waals surface area (Å²) in [5.41, 5.74) is 1.85. The number of hydrogen-bond acceptors (Lipinski definition) is 4. The SMILES string of the molecule is Cn1c(CC#N)cnc1-c1ccc2c(c1)OCCO2.